The fraction of sp³-hybridized carbons (Fsp3) is 0.190. The molecule has 3 aromatic rings. The molecule has 25 heavy (non-hydrogen) atoms. The van der Waals surface area contributed by atoms with Gasteiger partial charge in [0.25, 0.3) is 0 Å². The van der Waals surface area contributed by atoms with E-state index < -0.39 is 0 Å². The summed E-state index contributed by atoms with van der Waals surface area (Å²) >= 11 is 3.38. The molecule has 0 saturated heterocycles. The highest BCUT2D eigenvalue weighted by atomic mass is 32.2. The van der Waals surface area contributed by atoms with Crippen LogP contribution in [0.3, 0.4) is 0 Å². The Kier molecular flexibility index (Phi) is 4.64. The third-order valence-corrected chi connectivity index (χ3v) is 6.56. The third kappa shape index (κ3) is 3.12. The van der Waals surface area contributed by atoms with E-state index in [0.717, 1.165) is 22.6 Å². The molecule has 126 valence electrons. The maximum atomic E-state index is 11.0. The van der Waals surface area contributed by atoms with E-state index in [1.165, 1.54) is 39.6 Å². The maximum Gasteiger partial charge on any atom is 0.160 e. The number of benzene rings is 2. The number of carbonyl (C=O) groups is 1. The number of para-hydroxylation sites is 1. The van der Waals surface area contributed by atoms with E-state index in [1.54, 1.807) is 11.3 Å². The summed E-state index contributed by atoms with van der Waals surface area (Å²) < 4.78 is 0. The minimum absolute atomic E-state index is 0.773. The van der Waals surface area contributed by atoms with Crippen LogP contribution in [0, 0.1) is 0 Å². The van der Waals surface area contributed by atoms with E-state index in [9.17, 15) is 4.79 Å². The first kappa shape index (κ1) is 16.4. The molecule has 1 aliphatic rings. The van der Waals surface area contributed by atoms with Gasteiger partial charge >= 0.3 is 0 Å². The molecular formula is C21H19NOS2. The van der Waals surface area contributed by atoms with Crippen LogP contribution in [0.1, 0.15) is 29.4 Å². The first-order chi connectivity index (χ1) is 12.3. The van der Waals surface area contributed by atoms with Gasteiger partial charge in [-0.25, -0.2) is 0 Å². The van der Waals surface area contributed by atoms with Gasteiger partial charge in [-0.2, -0.15) is 0 Å². The Morgan fingerprint density at radius 2 is 1.84 bits per heavy atom. The molecular weight excluding hydrogens is 346 g/mol. The number of rotatable bonds is 5. The quantitative estimate of drug-likeness (QED) is 0.473. The Morgan fingerprint density at radius 1 is 1.00 bits per heavy atom. The van der Waals surface area contributed by atoms with Gasteiger partial charge in [0.2, 0.25) is 0 Å². The van der Waals surface area contributed by atoms with Crippen molar-refractivity contribution in [3.05, 3.63) is 59.5 Å². The van der Waals surface area contributed by atoms with Crippen molar-refractivity contribution in [3.8, 4) is 10.4 Å². The maximum absolute atomic E-state index is 11.0. The zero-order chi connectivity index (χ0) is 17.2. The average molecular weight is 366 g/mol. The lowest BCUT2D eigenvalue weighted by molar-refractivity contribution is 0.112. The number of hydrogen-bond acceptors (Lipinski definition) is 4. The SMILES string of the molecule is CCCCN1c2ccccc2Sc2cc(-c3ccc(C=O)s3)ccc21. The van der Waals surface area contributed by atoms with Crippen molar-refractivity contribution in [1.29, 1.82) is 0 Å². The Hall–Kier alpha value is -2.04. The van der Waals surface area contributed by atoms with Crippen LogP contribution in [0.2, 0.25) is 0 Å². The summed E-state index contributed by atoms with van der Waals surface area (Å²) in [5.74, 6) is 0. The minimum Gasteiger partial charge on any atom is -0.340 e. The molecule has 0 amide bonds. The van der Waals surface area contributed by atoms with E-state index in [4.69, 9.17) is 0 Å². The van der Waals surface area contributed by atoms with Gasteiger partial charge in [-0.15, -0.1) is 11.3 Å². The summed E-state index contributed by atoms with van der Waals surface area (Å²) in [5, 5.41) is 0. The lowest BCUT2D eigenvalue weighted by Crippen LogP contribution is -2.21. The summed E-state index contributed by atoms with van der Waals surface area (Å²) in [7, 11) is 0. The van der Waals surface area contributed by atoms with Crippen molar-refractivity contribution in [3.63, 3.8) is 0 Å². The van der Waals surface area contributed by atoms with Gasteiger partial charge in [0.15, 0.2) is 6.29 Å². The molecule has 0 radical (unpaired) electrons. The number of carbonyl (C=O) groups excluding carboxylic acids is 1. The number of nitrogens with zero attached hydrogens (tertiary/aromatic N) is 1. The van der Waals surface area contributed by atoms with Gasteiger partial charge in [0, 0.05) is 21.2 Å². The number of thiophene rings is 1. The Bertz CT molecular complexity index is 916. The monoisotopic (exact) mass is 365 g/mol. The number of unbranched alkanes of at least 4 members (excludes halogenated alkanes) is 1. The number of fused-ring (bicyclic) bond motifs is 2. The molecule has 4 heteroatoms. The summed E-state index contributed by atoms with van der Waals surface area (Å²) in [6.45, 7) is 3.27. The van der Waals surface area contributed by atoms with Crippen LogP contribution in [-0.4, -0.2) is 12.8 Å². The van der Waals surface area contributed by atoms with Crippen LogP contribution >= 0.6 is 23.1 Å². The normalized spacial score (nSPS) is 12.6. The molecule has 2 aromatic carbocycles. The first-order valence-corrected chi connectivity index (χ1v) is 10.2. The minimum atomic E-state index is 0.773. The highest BCUT2D eigenvalue weighted by molar-refractivity contribution is 7.99. The second kappa shape index (κ2) is 7.06. The molecule has 0 fully saturated rings. The second-order valence-corrected chi connectivity index (χ2v) is 8.28. The van der Waals surface area contributed by atoms with Gasteiger partial charge in [-0.05, 0) is 48.4 Å². The van der Waals surface area contributed by atoms with Crippen LogP contribution < -0.4 is 4.90 Å². The van der Waals surface area contributed by atoms with Crippen molar-refractivity contribution in [1.82, 2.24) is 0 Å². The number of hydrogen-bond donors (Lipinski definition) is 0. The van der Waals surface area contributed by atoms with Crippen molar-refractivity contribution in [2.45, 2.75) is 29.6 Å². The summed E-state index contributed by atoms with van der Waals surface area (Å²) in [5.41, 5.74) is 3.77. The van der Waals surface area contributed by atoms with Crippen molar-refractivity contribution < 1.29 is 4.79 Å². The smallest absolute Gasteiger partial charge is 0.160 e. The van der Waals surface area contributed by atoms with E-state index in [-0.39, 0.29) is 0 Å². The lowest BCUT2D eigenvalue weighted by Gasteiger charge is -2.33. The number of anilines is 2. The van der Waals surface area contributed by atoms with Crippen LogP contribution in [0.5, 0.6) is 0 Å². The summed E-state index contributed by atoms with van der Waals surface area (Å²) in [4.78, 5) is 17.9. The van der Waals surface area contributed by atoms with Gasteiger partial charge in [0.1, 0.15) is 0 Å². The van der Waals surface area contributed by atoms with E-state index >= 15 is 0 Å². The Balaban J connectivity index is 1.76. The van der Waals surface area contributed by atoms with Crippen molar-refractivity contribution in [2.24, 2.45) is 0 Å². The summed E-state index contributed by atoms with van der Waals surface area (Å²) in [6, 6.07) is 19.2. The van der Waals surface area contributed by atoms with Crippen LogP contribution in [0.4, 0.5) is 11.4 Å². The molecule has 1 aliphatic heterocycles. The second-order valence-electron chi connectivity index (χ2n) is 6.08. The standard InChI is InChI=1S/C21H19NOS2/c1-2-3-12-22-17-6-4-5-7-20(17)25-21-13-15(8-10-18(21)22)19-11-9-16(14-23)24-19/h4-11,13-14H,2-3,12H2,1H3. The van der Waals surface area contributed by atoms with Crippen molar-refractivity contribution in [2.75, 3.05) is 11.4 Å². The summed E-state index contributed by atoms with van der Waals surface area (Å²) in [6.07, 6.45) is 3.28. The highest BCUT2D eigenvalue weighted by Crippen LogP contribution is 2.49. The predicted octanol–water partition coefficient (Wildman–Crippen LogP) is 6.63. The number of aldehydes is 1. The highest BCUT2D eigenvalue weighted by Gasteiger charge is 2.23. The van der Waals surface area contributed by atoms with Gasteiger partial charge < -0.3 is 4.90 Å². The fourth-order valence-corrected chi connectivity index (χ4v) is 5.07. The van der Waals surface area contributed by atoms with Gasteiger partial charge in [-0.3, -0.25) is 4.79 Å². The molecule has 2 nitrogen and oxygen atoms in total. The van der Waals surface area contributed by atoms with Gasteiger partial charge in [0.05, 0.1) is 16.3 Å². The first-order valence-electron chi connectivity index (χ1n) is 8.54. The molecule has 0 spiro atoms. The van der Waals surface area contributed by atoms with E-state index in [0.29, 0.717) is 0 Å². The van der Waals surface area contributed by atoms with E-state index in [1.807, 2.05) is 23.9 Å². The molecule has 0 atom stereocenters. The topological polar surface area (TPSA) is 20.3 Å². The van der Waals surface area contributed by atoms with E-state index in [2.05, 4.69) is 54.3 Å². The van der Waals surface area contributed by atoms with Crippen LogP contribution in [-0.2, 0) is 0 Å². The molecule has 0 aliphatic carbocycles. The largest absolute Gasteiger partial charge is 0.340 e. The predicted molar refractivity (Wildman–Crippen MR) is 108 cm³/mol. The molecule has 0 N–H and O–H groups in total. The molecule has 0 bridgehead atoms. The molecule has 0 saturated carbocycles. The lowest BCUT2D eigenvalue weighted by atomic mass is 10.1. The van der Waals surface area contributed by atoms with Crippen LogP contribution in [0.25, 0.3) is 10.4 Å². The zero-order valence-electron chi connectivity index (χ0n) is 14.1. The molecule has 4 rings (SSSR count). The van der Waals surface area contributed by atoms with Crippen molar-refractivity contribution >= 4 is 40.8 Å². The fourth-order valence-electron chi connectivity index (χ4n) is 3.12. The Labute approximate surface area is 156 Å². The molecule has 0 unspecified atom stereocenters. The van der Waals surface area contributed by atoms with Crippen LogP contribution in [0.15, 0.2) is 64.4 Å². The Morgan fingerprint density at radius 3 is 2.64 bits per heavy atom. The zero-order valence-corrected chi connectivity index (χ0v) is 15.7. The molecule has 1 aromatic heterocycles. The third-order valence-electron chi connectivity index (χ3n) is 4.39. The average Bonchev–Trinajstić information content (AvgIpc) is 3.14. The molecule has 2 heterocycles. The van der Waals surface area contributed by atoms with Gasteiger partial charge in [-0.1, -0.05) is 43.3 Å².